The van der Waals surface area contributed by atoms with Gasteiger partial charge >= 0.3 is 5.97 Å². The summed E-state index contributed by atoms with van der Waals surface area (Å²) in [6, 6.07) is 11.6. The molecule has 2 rings (SSSR count). The van der Waals surface area contributed by atoms with Crippen molar-refractivity contribution in [3.05, 3.63) is 42.0 Å². The van der Waals surface area contributed by atoms with Gasteiger partial charge in [0.2, 0.25) is 0 Å². The molecule has 4 heteroatoms. The molecule has 0 aliphatic heterocycles. The third-order valence-corrected chi connectivity index (χ3v) is 3.20. The van der Waals surface area contributed by atoms with Crippen molar-refractivity contribution in [1.29, 1.82) is 0 Å². The van der Waals surface area contributed by atoms with E-state index < -0.39 is 5.97 Å². The summed E-state index contributed by atoms with van der Waals surface area (Å²) in [5, 5.41) is 14.1. The van der Waals surface area contributed by atoms with Crippen LogP contribution in [-0.4, -0.2) is 25.2 Å². The maximum absolute atomic E-state index is 10.8. The molecule has 0 amide bonds. The molecule has 2 aromatic carbocycles. The molecule has 0 aromatic heterocycles. The Morgan fingerprint density at radius 3 is 2.58 bits per heavy atom. The number of carboxylic acid groups (broad SMARTS) is 1. The molecule has 0 radical (unpaired) electrons. The highest BCUT2D eigenvalue weighted by Gasteiger charge is 2.13. The van der Waals surface area contributed by atoms with Crippen molar-refractivity contribution in [3.63, 3.8) is 0 Å². The van der Waals surface area contributed by atoms with Crippen LogP contribution in [0.1, 0.15) is 18.0 Å². The van der Waals surface area contributed by atoms with Gasteiger partial charge in [0.15, 0.2) is 0 Å². The number of nitrogens with one attached hydrogen (secondary N) is 1. The molecule has 0 heterocycles. The Kier molecular flexibility index (Phi) is 4.02. The van der Waals surface area contributed by atoms with E-state index in [1.54, 1.807) is 14.2 Å². The predicted molar refractivity (Wildman–Crippen MR) is 74.6 cm³/mol. The first-order valence-corrected chi connectivity index (χ1v) is 6.11. The van der Waals surface area contributed by atoms with E-state index in [2.05, 4.69) is 5.32 Å². The average molecular weight is 259 g/mol. The predicted octanol–water partition coefficient (Wildman–Crippen LogP) is 2.58. The van der Waals surface area contributed by atoms with E-state index in [0.29, 0.717) is 0 Å². The SMILES string of the molecule is CNC(CC(=O)O)c1ccc2cc(OC)ccc2c1. The fraction of sp³-hybridized carbons (Fsp3) is 0.267. The zero-order valence-electron chi connectivity index (χ0n) is 11.0. The van der Waals surface area contributed by atoms with Crippen LogP contribution < -0.4 is 10.1 Å². The molecular formula is C15H17NO3. The Balaban J connectivity index is 2.37. The fourth-order valence-electron chi connectivity index (χ4n) is 2.15. The van der Waals surface area contributed by atoms with Gasteiger partial charge in [-0.3, -0.25) is 4.79 Å². The molecule has 1 atom stereocenters. The second kappa shape index (κ2) is 5.71. The zero-order valence-corrected chi connectivity index (χ0v) is 11.0. The van der Waals surface area contributed by atoms with Crippen molar-refractivity contribution in [2.75, 3.05) is 14.2 Å². The van der Waals surface area contributed by atoms with E-state index in [-0.39, 0.29) is 12.5 Å². The van der Waals surface area contributed by atoms with E-state index in [4.69, 9.17) is 9.84 Å². The monoisotopic (exact) mass is 259 g/mol. The van der Waals surface area contributed by atoms with Crippen molar-refractivity contribution in [2.45, 2.75) is 12.5 Å². The summed E-state index contributed by atoms with van der Waals surface area (Å²) < 4.78 is 5.18. The van der Waals surface area contributed by atoms with Crippen LogP contribution in [0.2, 0.25) is 0 Å². The Morgan fingerprint density at radius 2 is 1.95 bits per heavy atom. The molecule has 19 heavy (non-hydrogen) atoms. The van der Waals surface area contributed by atoms with Crippen molar-refractivity contribution < 1.29 is 14.6 Å². The van der Waals surface area contributed by atoms with Gasteiger partial charge < -0.3 is 15.2 Å². The summed E-state index contributed by atoms with van der Waals surface area (Å²) >= 11 is 0. The first-order valence-electron chi connectivity index (χ1n) is 6.11. The Labute approximate surface area is 112 Å². The molecule has 0 saturated heterocycles. The lowest BCUT2D eigenvalue weighted by Gasteiger charge is -2.15. The molecule has 1 unspecified atom stereocenters. The second-order valence-corrected chi connectivity index (χ2v) is 4.41. The number of ether oxygens (including phenoxy) is 1. The van der Waals surface area contributed by atoms with Gasteiger partial charge in [-0.1, -0.05) is 18.2 Å². The van der Waals surface area contributed by atoms with Gasteiger partial charge in [-0.05, 0) is 41.6 Å². The number of rotatable bonds is 5. The largest absolute Gasteiger partial charge is 0.497 e. The van der Waals surface area contributed by atoms with Crippen molar-refractivity contribution in [3.8, 4) is 5.75 Å². The summed E-state index contributed by atoms with van der Waals surface area (Å²) in [6.07, 6.45) is 0.0676. The quantitative estimate of drug-likeness (QED) is 0.866. The van der Waals surface area contributed by atoms with E-state index in [9.17, 15) is 4.79 Å². The average Bonchev–Trinajstić information content (AvgIpc) is 2.43. The molecular weight excluding hydrogens is 242 g/mol. The van der Waals surface area contributed by atoms with Crippen molar-refractivity contribution >= 4 is 16.7 Å². The smallest absolute Gasteiger partial charge is 0.305 e. The van der Waals surface area contributed by atoms with E-state index in [1.165, 1.54) is 0 Å². The van der Waals surface area contributed by atoms with Crippen LogP contribution in [0, 0.1) is 0 Å². The van der Waals surface area contributed by atoms with Gasteiger partial charge in [0.25, 0.3) is 0 Å². The van der Waals surface area contributed by atoms with E-state index in [1.807, 2.05) is 36.4 Å². The zero-order chi connectivity index (χ0) is 13.8. The Bertz CT molecular complexity index is 595. The Hall–Kier alpha value is -2.07. The lowest BCUT2D eigenvalue weighted by atomic mass is 10.00. The lowest BCUT2D eigenvalue weighted by Crippen LogP contribution is -2.19. The normalized spacial score (nSPS) is 12.3. The molecule has 0 bridgehead atoms. The molecule has 0 spiro atoms. The Morgan fingerprint density at radius 1 is 1.26 bits per heavy atom. The minimum Gasteiger partial charge on any atom is -0.497 e. The van der Waals surface area contributed by atoms with Crippen LogP contribution in [-0.2, 0) is 4.79 Å². The summed E-state index contributed by atoms with van der Waals surface area (Å²) in [4.78, 5) is 10.8. The van der Waals surface area contributed by atoms with Gasteiger partial charge in [-0.2, -0.15) is 0 Å². The molecule has 100 valence electrons. The number of hydrogen-bond acceptors (Lipinski definition) is 3. The van der Waals surface area contributed by atoms with Crippen LogP contribution in [0.15, 0.2) is 36.4 Å². The second-order valence-electron chi connectivity index (χ2n) is 4.41. The van der Waals surface area contributed by atoms with Gasteiger partial charge in [-0.15, -0.1) is 0 Å². The van der Waals surface area contributed by atoms with Crippen molar-refractivity contribution in [2.24, 2.45) is 0 Å². The van der Waals surface area contributed by atoms with Gasteiger partial charge in [0.1, 0.15) is 5.75 Å². The lowest BCUT2D eigenvalue weighted by molar-refractivity contribution is -0.137. The molecule has 0 fully saturated rings. The van der Waals surface area contributed by atoms with Crippen LogP contribution in [0.4, 0.5) is 0 Å². The number of aliphatic carboxylic acids is 1. The van der Waals surface area contributed by atoms with Gasteiger partial charge in [0.05, 0.1) is 13.5 Å². The summed E-state index contributed by atoms with van der Waals surface area (Å²) in [5.41, 5.74) is 0.975. The molecule has 2 aromatic rings. The number of carboxylic acids is 1. The number of carbonyl (C=O) groups is 1. The number of fused-ring (bicyclic) bond motifs is 1. The third-order valence-electron chi connectivity index (χ3n) is 3.20. The highest BCUT2D eigenvalue weighted by atomic mass is 16.5. The standard InChI is InChI=1S/C15H17NO3/c1-16-14(9-15(17)18)12-4-3-11-8-13(19-2)6-5-10(11)7-12/h3-8,14,16H,9H2,1-2H3,(H,17,18). The van der Waals surface area contributed by atoms with Gasteiger partial charge in [0, 0.05) is 6.04 Å². The summed E-state index contributed by atoms with van der Waals surface area (Å²) in [5.74, 6) is 0.00475. The van der Waals surface area contributed by atoms with Crippen LogP contribution >= 0.6 is 0 Å². The molecule has 4 nitrogen and oxygen atoms in total. The minimum atomic E-state index is -0.811. The fourth-order valence-corrected chi connectivity index (χ4v) is 2.15. The highest BCUT2D eigenvalue weighted by Crippen LogP contribution is 2.25. The maximum Gasteiger partial charge on any atom is 0.305 e. The summed E-state index contributed by atoms with van der Waals surface area (Å²) in [6.45, 7) is 0. The first-order chi connectivity index (χ1) is 9.13. The van der Waals surface area contributed by atoms with E-state index in [0.717, 1.165) is 22.1 Å². The van der Waals surface area contributed by atoms with Crippen molar-refractivity contribution in [1.82, 2.24) is 5.32 Å². The van der Waals surface area contributed by atoms with E-state index >= 15 is 0 Å². The molecule has 0 saturated carbocycles. The molecule has 0 aliphatic rings. The van der Waals surface area contributed by atoms with Crippen LogP contribution in [0.3, 0.4) is 0 Å². The first kappa shape index (κ1) is 13.4. The number of methoxy groups -OCH3 is 1. The highest BCUT2D eigenvalue weighted by molar-refractivity contribution is 5.84. The number of hydrogen-bond donors (Lipinski definition) is 2. The maximum atomic E-state index is 10.8. The third kappa shape index (κ3) is 3.03. The van der Waals surface area contributed by atoms with Gasteiger partial charge in [-0.25, -0.2) is 0 Å². The topological polar surface area (TPSA) is 58.6 Å². The molecule has 2 N–H and O–H groups in total. The number of benzene rings is 2. The van der Waals surface area contributed by atoms with Crippen LogP contribution in [0.25, 0.3) is 10.8 Å². The van der Waals surface area contributed by atoms with Crippen LogP contribution in [0.5, 0.6) is 5.75 Å². The summed E-state index contributed by atoms with van der Waals surface area (Å²) in [7, 11) is 3.41. The minimum absolute atomic E-state index is 0.0676. The molecule has 0 aliphatic carbocycles.